The minimum Gasteiger partial charge on any atom is -0.507 e. The third-order valence-electron chi connectivity index (χ3n) is 6.55. The molecule has 35 heavy (non-hydrogen) atoms. The highest BCUT2D eigenvalue weighted by Gasteiger charge is 2.42. The van der Waals surface area contributed by atoms with Gasteiger partial charge in [0.1, 0.15) is 42.1 Å². The Labute approximate surface area is 203 Å². The van der Waals surface area contributed by atoms with E-state index >= 15 is 0 Å². The number of phenolic OH excluding ortho intramolecular Hbond substituents is 1. The molecular formula is C23H19ClFN5O5. The van der Waals surface area contributed by atoms with E-state index in [1.54, 1.807) is 9.80 Å². The SMILES string of the molecule is O=C1c2c(c(Cl)c(-c3c(O)cccc3F)c3c2OCC3)OC[C@H]2CN(C(=O)n3cncn3)CCN12. The zero-order valence-electron chi connectivity index (χ0n) is 18.3. The van der Waals surface area contributed by atoms with Crippen molar-refractivity contribution < 1.29 is 28.6 Å². The molecule has 3 aliphatic rings. The van der Waals surface area contributed by atoms with Gasteiger partial charge in [-0.2, -0.15) is 9.78 Å². The van der Waals surface area contributed by atoms with E-state index in [1.807, 2.05) is 0 Å². The van der Waals surface area contributed by atoms with E-state index < -0.39 is 11.9 Å². The first-order valence-electron chi connectivity index (χ1n) is 11.0. The molecule has 1 N–H and O–H groups in total. The second kappa shape index (κ2) is 8.12. The number of amides is 2. The highest BCUT2D eigenvalue weighted by Crippen LogP contribution is 2.52. The summed E-state index contributed by atoms with van der Waals surface area (Å²) in [4.78, 5) is 33.5. The lowest BCUT2D eigenvalue weighted by Crippen LogP contribution is -2.58. The molecule has 0 radical (unpaired) electrons. The van der Waals surface area contributed by atoms with Gasteiger partial charge in [0.2, 0.25) is 0 Å². The number of aromatic hydroxyl groups is 1. The molecule has 12 heteroatoms. The van der Waals surface area contributed by atoms with Crippen molar-refractivity contribution in [2.45, 2.75) is 12.5 Å². The third kappa shape index (κ3) is 3.29. The number of fused-ring (bicyclic) bond motifs is 4. The predicted molar refractivity (Wildman–Crippen MR) is 120 cm³/mol. The number of nitrogens with zero attached hydrogens (tertiary/aromatic N) is 5. The lowest BCUT2D eigenvalue weighted by atomic mass is 9.93. The van der Waals surface area contributed by atoms with Gasteiger partial charge < -0.3 is 24.4 Å². The molecule has 10 nitrogen and oxygen atoms in total. The first-order valence-corrected chi connectivity index (χ1v) is 11.4. The number of carbonyl (C=O) groups excluding carboxylic acids is 2. The van der Waals surface area contributed by atoms with Gasteiger partial charge in [0.05, 0.1) is 23.2 Å². The molecule has 1 fully saturated rings. The summed E-state index contributed by atoms with van der Waals surface area (Å²) in [6.07, 6.45) is 2.98. The van der Waals surface area contributed by atoms with Gasteiger partial charge in [0.25, 0.3) is 5.91 Å². The molecule has 2 aromatic carbocycles. The summed E-state index contributed by atoms with van der Waals surface area (Å²) < 4.78 is 27.8. The lowest BCUT2D eigenvalue weighted by Gasteiger charge is -2.39. The second-order valence-corrected chi connectivity index (χ2v) is 8.84. The molecule has 0 spiro atoms. The Morgan fingerprint density at radius 3 is 2.80 bits per heavy atom. The van der Waals surface area contributed by atoms with Gasteiger partial charge in [-0.3, -0.25) is 4.79 Å². The van der Waals surface area contributed by atoms with Crippen LogP contribution in [0, 0.1) is 5.82 Å². The van der Waals surface area contributed by atoms with Gasteiger partial charge in [0.15, 0.2) is 5.75 Å². The third-order valence-corrected chi connectivity index (χ3v) is 6.91. The minimum absolute atomic E-state index is 0.0356. The van der Waals surface area contributed by atoms with E-state index in [2.05, 4.69) is 10.1 Å². The van der Waals surface area contributed by atoms with Crippen molar-refractivity contribution in [1.82, 2.24) is 24.6 Å². The van der Waals surface area contributed by atoms with Crippen LogP contribution in [-0.2, 0) is 6.42 Å². The molecule has 2 amide bonds. The topological polar surface area (TPSA) is 110 Å². The molecule has 4 heterocycles. The molecule has 180 valence electrons. The molecule has 0 aliphatic carbocycles. The minimum atomic E-state index is -0.652. The van der Waals surface area contributed by atoms with Gasteiger partial charge in [-0.25, -0.2) is 14.2 Å². The molecule has 1 saturated heterocycles. The highest BCUT2D eigenvalue weighted by atomic mass is 35.5. The van der Waals surface area contributed by atoms with Crippen molar-refractivity contribution in [3.63, 3.8) is 0 Å². The number of carbonyl (C=O) groups is 2. The lowest BCUT2D eigenvalue weighted by molar-refractivity contribution is 0.0450. The maximum Gasteiger partial charge on any atom is 0.346 e. The van der Waals surface area contributed by atoms with Crippen LogP contribution in [0.5, 0.6) is 17.2 Å². The summed E-state index contributed by atoms with van der Waals surface area (Å²) in [5.74, 6) is -0.895. The van der Waals surface area contributed by atoms with Crippen LogP contribution in [0.2, 0.25) is 5.02 Å². The zero-order valence-corrected chi connectivity index (χ0v) is 19.0. The van der Waals surface area contributed by atoms with Crippen molar-refractivity contribution in [3.8, 4) is 28.4 Å². The fourth-order valence-corrected chi connectivity index (χ4v) is 5.30. The maximum absolute atomic E-state index is 14.8. The van der Waals surface area contributed by atoms with Crippen molar-refractivity contribution in [3.05, 3.63) is 52.8 Å². The Kier molecular flexibility index (Phi) is 5.03. The Morgan fingerprint density at radius 1 is 1.17 bits per heavy atom. The smallest absolute Gasteiger partial charge is 0.346 e. The van der Waals surface area contributed by atoms with E-state index in [0.29, 0.717) is 18.5 Å². The summed E-state index contributed by atoms with van der Waals surface area (Å²) in [5.41, 5.74) is 0.916. The summed E-state index contributed by atoms with van der Waals surface area (Å²) in [6.45, 7) is 1.13. The number of benzene rings is 2. The average molecular weight is 500 g/mol. The highest BCUT2D eigenvalue weighted by molar-refractivity contribution is 6.36. The van der Waals surface area contributed by atoms with Crippen LogP contribution in [0.3, 0.4) is 0 Å². The Morgan fingerprint density at radius 2 is 2.03 bits per heavy atom. The number of hydrogen-bond donors (Lipinski definition) is 1. The summed E-state index contributed by atoms with van der Waals surface area (Å²) >= 11 is 6.76. The normalized spacial score (nSPS) is 18.8. The second-order valence-electron chi connectivity index (χ2n) is 8.47. The van der Waals surface area contributed by atoms with Crippen molar-refractivity contribution in [2.24, 2.45) is 0 Å². The fraction of sp³-hybridized carbons (Fsp3) is 0.304. The molecule has 1 aromatic heterocycles. The molecule has 1 atom stereocenters. The van der Waals surface area contributed by atoms with Crippen LogP contribution in [0.1, 0.15) is 15.9 Å². The summed E-state index contributed by atoms with van der Waals surface area (Å²) in [5, 5.41) is 14.4. The first kappa shape index (κ1) is 21.7. The number of phenols is 1. The summed E-state index contributed by atoms with van der Waals surface area (Å²) in [6, 6.07) is 3.19. The van der Waals surface area contributed by atoms with Crippen molar-refractivity contribution in [2.75, 3.05) is 32.8 Å². The van der Waals surface area contributed by atoms with E-state index in [4.69, 9.17) is 21.1 Å². The molecule has 3 aromatic rings. The Hall–Kier alpha value is -3.86. The molecule has 6 rings (SSSR count). The summed E-state index contributed by atoms with van der Waals surface area (Å²) in [7, 11) is 0. The van der Waals surface area contributed by atoms with Crippen LogP contribution in [-0.4, -0.2) is 80.5 Å². The number of hydrogen-bond acceptors (Lipinski definition) is 7. The van der Waals surface area contributed by atoms with Gasteiger partial charge in [-0.1, -0.05) is 17.7 Å². The standard InChI is InChI=1S/C23H19ClFN5O5/c24-19-16(17-14(25)2-1-3-15(17)31)13-4-7-34-20(13)18-21(19)35-9-12-8-28(5-6-29(12)22(18)32)23(33)30-11-26-10-27-30/h1-3,10-12,31H,4-9H2/t12-/m1/s1. The Bertz CT molecular complexity index is 1340. The van der Waals surface area contributed by atoms with E-state index in [9.17, 15) is 19.1 Å². The number of rotatable bonds is 1. The Balaban J connectivity index is 1.41. The fourth-order valence-electron chi connectivity index (χ4n) is 4.94. The van der Waals surface area contributed by atoms with Crippen molar-refractivity contribution in [1.29, 1.82) is 0 Å². The number of halogens is 2. The molecule has 3 aliphatic heterocycles. The quantitative estimate of drug-likeness (QED) is 0.548. The van der Waals surface area contributed by atoms with Crippen molar-refractivity contribution >= 4 is 23.5 Å². The van der Waals surface area contributed by atoms with Crippen LogP contribution in [0.25, 0.3) is 11.1 Å². The van der Waals surface area contributed by atoms with Gasteiger partial charge in [-0.05, 0) is 12.1 Å². The average Bonchev–Trinajstić information content (AvgIpc) is 3.53. The number of piperazine rings is 1. The molecule has 0 saturated carbocycles. The van der Waals surface area contributed by atoms with Gasteiger partial charge in [0, 0.05) is 37.2 Å². The van der Waals surface area contributed by atoms with Crippen LogP contribution in [0.4, 0.5) is 9.18 Å². The zero-order chi connectivity index (χ0) is 24.3. The molecule has 0 unspecified atom stereocenters. The van der Waals surface area contributed by atoms with E-state index in [0.717, 1.165) is 4.68 Å². The number of aromatic nitrogens is 3. The van der Waals surface area contributed by atoms with Gasteiger partial charge >= 0.3 is 6.03 Å². The van der Waals surface area contributed by atoms with Crippen LogP contribution >= 0.6 is 11.6 Å². The van der Waals surface area contributed by atoms with Gasteiger partial charge in [-0.15, -0.1) is 0 Å². The number of ether oxygens (including phenoxy) is 2. The van der Waals surface area contributed by atoms with E-state index in [1.165, 1.54) is 30.9 Å². The van der Waals surface area contributed by atoms with Crippen LogP contribution < -0.4 is 9.47 Å². The molecular weight excluding hydrogens is 481 g/mol. The maximum atomic E-state index is 14.8. The predicted octanol–water partition coefficient (Wildman–Crippen LogP) is 2.57. The molecule has 0 bridgehead atoms. The monoisotopic (exact) mass is 499 g/mol. The van der Waals surface area contributed by atoms with Crippen LogP contribution in [0.15, 0.2) is 30.9 Å². The largest absolute Gasteiger partial charge is 0.507 e. The first-order chi connectivity index (χ1) is 17.0. The van der Waals surface area contributed by atoms with E-state index in [-0.39, 0.29) is 77.2 Å².